The standard InChI is InChI=1S/C13H16ClN3S2/c1-2-7-15-13-12(16-17-19-13)9-18-8-10-3-5-11(14)6-4-10/h3-6,15H,2,7-9H2,1H3. The minimum absolute atomic E-state index is 0.781. The SMILES string of the molecule is CCCNc1snnc1CSCc1ccc(Cl)cc1. The lowest BCUT2D eigenvalue weighted by molar-refractivity contribution is 0.976. The van der Waals surface area contributed by atoms with E-state index >= 15 is 0 Å². The molecule has 0 saturated carbocycles. The minimum Gasteiger partial charge on any atom is -0.374 e. The summed E-state index contributed by atoms with van der Waals surface area (Å²) in [6.07, 6.45) is 1.11. The molecule has 1 heterocycles. The number of rotatable bonds is 7. The van der Waals surface area contributed by atoms with E-state index in [4.69, 9.17) is 11.6 Å². The van der Waals surface area contributed by atoms with E-state index in [0.717, 1.165) is 40.2 Å². The van der Waals surface area contributed by atoms with Crippen LogP contribution < -0.4 is 5.32 Å². The quantitative estimate of drug-likeness (QED) is 0.819. The number of benzene rings is 1. The molecule has 0 saturated heterocycles. The van der Waals surface area contributed by atoms with Gasteiger partial charge in [-0.15, -0.1) is 5.10 Å². The Morgan fingerprint density at radius 1 is 1.26 bits per heavy atom. The van der Waals surface area contributed by atoms with Crippen molar-refractivity contribution in [1.29, 1.82) is 0 Å². The molecular weight excluding hydrogens is 298 g/mol. The Kier molecular flexibility index (Phi) is 5.94. The lowest BCUT2D eigenvalue weighted by Crippen LogP contribution is -2.00. The van der Waals surface area contributed by atoms with E-state index in [2.05, 4.69) is 34.0 Å². The summed E-state index contributed by atoms with van der Waals surface area (Å²) in [5.74, 6) is 1.84. The molecule has 3 nitrogen and oxygen atoms in total. The van der Waals surface area contributed by atoms with Crippen molar-refractivity contribution in [3.8, 4) is 0 Å². The molecule has 0 unspecified atom stereocenters. The third kappa shape index (κ3) is 4.67. The van der Waals surface area contributed by atoms with E-state index < -0.39 is 0 Å². The number of nitrogens with one attached hydrogen (secondary N) is 1. The van der Waals surface area contributed by atoms with Gasteiger partial charge in [0.2, 0.25) is 0 Å². The van der Waals surface area contributed by atoms with Gasteiger partial charge in [-0.1, -0.05) is 35.1 Å². The van der Waals surface area contributed by atoms with Gasteiger partial charge in [0.25, 0.3) is 0 Å². The van der Waals surface area contributed by atoms with Crippen LogP contribution in [0.1, 0.15) is 24.6 Å². The highest BCUT2D eigenvalue weighted by molar-refractivity contribution is 7.97. The Hall–Kier alpha value is -0.780. The summed E-state index contributed by atoms with van der Waals surface area (Å²) in [5, 5.41) is 9.42. The van der Waals surface area contributed by atoms with Gasteiger partial charge in [0.1, 0.15) is 10.7 Å². The molecule has 1 aromatic carbocycles. The molecule has 0 aliphatic rings. The second kappa shape index (κ2) is 7.72. The van der Waals surface area contributed by atoms with Crippen molar-refractivity contribution >= 4 is 39.9 Å². The van der Waals surface area contributed by atoms with Crippen molar-refractivity contribution in [2.75, 3.05) is 11.9 Å². The molecule has 0 spiro atoms. The number of nitrogens with zero attached hydrogens (tertiary/aromatic N) is 2. The molecule has 0 radical (unpaired) electrons. The lowest BCUT2D eigenvalue weighted by atomic mass is 10.2. The number of hydrogen-bond donors (Lipinski definition) is 1. The predicted octanol–water partition coefficient (Wildman–Crippen LogP) is 4.45. The average Bonchev–Trinajstić information content (AvgIpc) is 2.86. The van der Waals surface area contributed by atoms with Gasteiger partial charge < -0.3 is 5.32 Å². The lowest BCUT2D eigenvalue weighted by Gasteiger charge is -2.04. The predicted molar refractivity (Wildman–Crippen MR) is 85.1 cm³/mol. The molecule has 102 valence electrons. The minimum atomic E-state index is 0.781. The van der Waals surface area contributed by atoms with Crippen LogP contribution in [-0.4, -0.2) is 16.1 Å². The molecule has 0 aliphatic carbocycles. The van der Waals surface area contributed by atoms with Crippen molar-refractivity contribution < 1.29 is 0 Å². The highest BCUT2D eigenvalue weighted by Crippen LogP contribution is 2.24. The average molecular weight is 314 g/mol. The summed E-state index contributed by atoms with van der Waals surface area (Å²) in [7, 11) is 0. The van der Waals surface area contributed by atoms with Gasteiger partial charge in [-0.05, 0) is 24.1 Å². The molecule has 0 aliphatic heterocycles. The maximum absolute atomic E-state index is 5.86. The fourth-order valence-corrected chi connectivity index (χ4v) is 3.27. The normalized spacial score (nSPS) is 10.6. The highest BCUT2D eigenvalue weighted by atomic mass is 35.5. The molecular formula is C13H16ClN3S2. The topological polar surface area (TPSA) is 37.8 Å². The van der Waals surface area contributed by atoms with Crippen LogP contribution in [0.5, 0.6) is 0 Å². The summed E-state index contributed by atoms with van der Waals surface area (Å²) in [4.78, 5) is 0. The van der Waals surface area contributed by atoms with Crippen molar-refractivity contribution in [1.82, 2.24) is 9.59 Å². The van der Waals surface area contributed by atoms with E-state index in [1.807, 2.05) is 23.9 Å². The van der Waals surface area contributed by atoms with Gasteiger partial charge in [0.15, 0.2) is 0 Å². The zero-order valence-corrected chi connectivity index (χ0v) is 13.1. The van der Waals surface area contributed by atoms with Crippen LogP contribution in [-0.2, 0) is 11.5 Å². The number of hydrogen-bond acceptors (Lipinski definition) is 5. The van der Waals surface area contributed by atoms with E-state index in [1.165, 1.54) is 17.1 Å². The fourth-order valence-electron chi connectivity index (χ4n) is 1.52. The molecule has 0 amide bonds. The van der Waals surface area contributed by atoms with Crippen molar-refractivity contribution in [2.45, 2.75) is 24.9 Å². The zero-order chi connectivity index (χ0) is 13.5. The van der Waals surface area contributed by atoms with Gasteiger partial charge in [-0.3, -0.25) is 0 Å². The molecule has 1 aromatic heterocycles. The van der Waals surface area contributed by atoms with Crippen molar-refractivity contribution in [2.24, 2.45) is 0 Å². The zero-order valence-electron chi connectivity index (χ0n) is 10.7. The molecule has 0 atom stereocenters. The van der Waals surface area contributed by atoms with E-state index in [1.54, 1.807) is 0 Å². The first-order chi connectivity index (χ1) is 9.29. The molecule has 0 bridgehead atoms. The fraction of sp³-hybridized carbons (Fsp3) is 0.385. The molecule has 2 rings (SSSR count). The summed E-state index contributed by atoms with van der Waals surface area (Å²) >= 11 is 9.14. The molecule has 2 aromatic rings. The van der Waals surface area contributed by atoms with Gasteiger partial charge in [0, 0.05) is 34.6 Å². The first-order valence-corrected chi connectivity index (χ1v) is 8.47. The second-order valence-corrected chi connectivity index (χ2v) is 6.27. The van der Waals surface area contributed by atoms with Crippen LogP contribution in [0, 0.1) is 0 Å². The maximum atomic E-state index is 5.86. The third-order valence-electron chi connectivity index (χ3n) is 2.51. The van der Waals surface area contributed by atoms with Crippen LogP contribution in [0.4, 0.5) is 5.00 Å². The number of halogens is 1. The Morgan fingerprint density at radius 2 is 2.05 bits per heavy atom. The Bertz CT molecular complexity index is 499. The van der Waals surface area contributed by atoms with E-state index in [9.17, 15) is 0 Å². The van der Waals surface area contributed by atoms with Crippen LogP contribution in [0.3, 0.4) is 0 Å². The van der Waals surface area contributed by atoms with Crippen molar-refractivity contribution in [3.63, 3.8) is 0 Å². The van der Waals surface area contributed by atoms with Gasteiger partial charge in [-0.2, -0.15) is 11.8 Å². The summed E-state index contributed by atoms with van der Waals surface area (Å²) < 4.78 is 4.01. The molecule has 19 heavy (non-hydrogen) atoms. The Morgan fingerprint density at radius 3 is 2.79 bits per heavy atom. The highest BCUT2D eigenvalue weighted by Gasteiger charge is 2.07. The Balaban J connectivity index is 1.82. The van der Waals surface area contributed by atoms with Crippen molar-refractivity contribution in [3.05, 3.63) is 40.5 Å². The molecule has 0 fully saturated rings. The first kappa shape index (κ1) is 14.6. The summed E-state index contributed by atoms with van der Waals surface area (Å²) in [5.41, 5.74) is 2.33. The number of anilines is 1. The maximum Gasteiger partial charge on any atom is 0.134 e. The number of aromatic nitrogens is 2. The largest absolute Gasteiger partial charge is 0.374 e. The van der Waals surface area contributed by atoms with Crippen LogP contribution in [0.15, 0.2) is 24.3 Å². The van der Waals surface area contributed by atoms with Gasteiger partial charge in [-0.25, -0.2) is 0 Å². The summed E-state index contributed by atoms with van der Waals surface area (Å²) in [6, 6.07) is 7.97. The van der Waals surface area contributed by atoms with E-state index in [-0.39, 0.29) is 0 Å². The third-order valence-corrected chi connectivity index (χ3v) is 4.50. The van der Waals surface area contributed by atoms with Gasteiger partial charge in [0.05, 0.1) is 0 Å². The second-order valence-electron chi connectivity index (χ2n) is 4.09. The van der Waals surface area contributed by atoms with Crippen LogP contribution >= 0.6 is 34.9 Å². The first-order valence-electron chi connectivity index (χ1n) is 6.17. The Labute approximate surface area is 126 Å². The number of thioether (sulfide) groups is 1. The molecule has 1 N–H and O–H groups in total. The summed E-state index contributed by atoms with van der Waals surface area (Å²) in [6.45, 7) is 3.12. The van der Waals surface area contributed by atoms with E-state index in [0.29, 0.717) is 0 Å². The van der Waals surface area contributed by atoms with Gasteiger partial charge >= 0.3 is 0 Å². The smallest absolute Gasteiger partial charge is 0.134 e. The van der Waals surface area contributed by atoms with Crippen LogP contribution in [0.2, 0.25) is 5.02 Å². The monoisotopic (exact) mass is 313 g/mol. The molecule has 6 heteroatoms. The van der Waals surface area contributed by atoms with Crippen LogP contribution in [0.25, 0.3) is 0 Å².